The molecule has 0 radical (unpaired) electrons. The Morgan fingerprint density at radius 3 is 2.71 bits per heavy atom. The van der Waals surface area contributed by atoms with E-state index < -0.39 is 6.09 Å². The third kappa shape index (κ3) is 1.71. The lowest BCUT2D eigenvalue weighted by Crippen LogP contribution is -2.48. The third-order valence-electron chi connectivity index (χ3n) is 3.80. The topological polar surface area (TPSA) is 61.4 Å². The van der Waals surface area contributed by atoms with Crippen molar-refractivity contribution in [2.45, 2.75) is 38.1 Å². The monoisotopic (exact) mass is 198 g/mol. The number of amides is 1. The standard InChI is InChI=1S/C10H18N2O2/c13-9(14)12-8-2-1-3-10(8)4-6-11-7-5-10/h8,11-12H,1-7H2,(H,13,14). The third-order valence-corrected chi connectivity index (χ3v) is 3.80. The van der Waals surface area contributed by atoms with E-state index in [4.69, 9.17) is 5.11 Å². The first kappa shape index (κ1) is 9.77. The summed E-state index contributed by atoms with van der Waals surface area (Å²) in [4.78, 5) is 10.7. The maximum Gasteiger partial charge on any atom is 0.404 e. The number of carbonyl (C=O) groups is 1. The van der Waals surface area contributed by atoms with E-state index in [1.54, 1.807) is 0 Å². The van der Waals surface area contributed by atoms with Gasteiger partial charge >= 0.3 is 6.09 Å². The smallest absolute Gasteiger partial charge is 0.404 e. The number of hydrogen-bond acceptors (Lipinski definition) is 2. The fourth-order valence-electron chi connectivity index (χ4n) is 3.04. The van der Waals surface area contributed by atoms with Gasteiger partial charge in [0, 0.05) is 6.04 Å². The van der Waals surface area contributed by atoms with Crippen LogP contribution < -0.4 is 10.6 Å². The van der Waals surface area contributed by atoms with Crippen LogP contribution in [-0.4, -0.2) is 30.3 Å². The molecular formula is C10H18N2O2. The lowest BCUT2D eigenvalue weighted by Gasteiger charge is -2.39. The second-order valence-corrected chi connectivity index (χ2v) is 4.51. The van der Waals surface area contributed by atoms with Crippen LogP contribution in [0.2, 0.25) is 0 Å². The minimum Gasteiger partial charge on any atom is -0.465 e. The molecule has 0 aromatic heterocycles. The highest BCUT2D eigenvalue weighted by Crippen LogP contribution is 2.44. The summed E-state index contributed by atoms with van der Waals surface area (Å²) in [6, 6.07) is 0.196. The van der Waals surface area contributed by atoms with Crippen LogP contribution in [0.3, 0.4) is 0 Å². The number of hydrogen-bond donors (Lipinski definition) is 3. The van der Waals surface area contributed by atoms with Crippen molar-refractivity contribution in [2.75, 3.05) is 13.1 Å². The summed E-state index contributed by atoms with van der Waals surface area (Å²) in [5.74, 6) is 0. The molecule has 0 aromatic rings. The normalized spacial score (nSPS) is 30.4. The molecule has 1 saturated carbocycles. The van der Waals surface area contributed by atoms with Gasteiger partial charge in [0.1, 0.15) is 0 Å². The SMILES string of the molecule is O=C(O)NC1CCCC12CCNCC2. The van der Waals surface area contributed by atoms with Gasteiger partial charge in [-0.2, -0.15) is 0 Å². The molecule has 1 saturated heterocycles. The van der Waals surface area contributed by atoms with Gasteiger partial charge in [-0.15, -0.1) is 0 Å². The maximum atomic E-state index is 10.7. The predicted octanol–water partition coefficient (Wildman–Crippen LogP) is 1.18. The minimum atomic E-state index is -0.866. The molecule has 0 aromatic carbocycles. The van der Waals surface area contributed by atoms with E-state index in [0.717, 1.165) is 32.4 Å². The minimum absolute atomic E-state index is 0.196. The van der Waals surface area contributed by atoms with E-state index in [9.17, 15) is 4.79 Å². The van der Waals surface area contributed by atoms with Crippen LogP contribution in [-0.2, 0) is 0 Å². The molecule has 1 unspecified atom stereocenters. The molecule has 2 rings (SSSR count). The van der Waals surface area contributed by atoms with Gasteiger partial charge in [-0.1, -0.05) is 6.42 Å². The van der Waals surface area contributed by atoms with Crippen LogP contribution in [0, 0.1) is 5.41 Å². The van der Waals surface area contributed by atoms with E-state index in [0.29, 0.717) is 0 Å². The van der Waals surface area contributed by atoms with Crippen molar-refractivity contribution in [1.29, 1.82) is 0 Å². The molecule has 2 fully saturated rings. The molecule has 1 amide bonds. The van der Waals surface area contributed by atoms with Gasteiger partial charge in [0.15, 0.2) is 0 Å². The van der Waals surface area contributed by atoms with Crippen LogP contribution in [0.4, 0.5) is 4.79 Å². The van der Waals surface area contributed by atoms with Crippen molar-refractivity contribution < 1.29 is 9.90 Å². The van der Waals surface area contributed by atoms with Gasteiger partial charge in [0.05, 0.1) is 0 Å². The lowest BCUT2D eigenvalue weighted by molar-refractivity contribution is 0.142. The van der Waals surface area contributed by atoms with Gasteiger partial charge in [0.2, 0.25) is 0 Å². The number of rotatable bonds is 1. The van der Waals surface area contributed by atoms with Gasteiger partial charge < -0.3 is 15.7 Å². The Labute approximate surface area is 84.1 Å². The quantitative estimate of drug-likeness (QED) is 0.593. The van der Waals surface area contributed by atoms with Crippen molar-refractivity contribution >= 4 is 6.09 Å². The number of carboxylic acid groups (broad SMARTS) is 1. The molecular weight excluding hydrogens is 180 g/mol. The Bertz CT molecular complexity index is 224. The van der Waals surface area contributed by atoms with Gasteiger partial charge in [-0.3, -0.25) is 0 Å². The van der Waals surface area contributed by atoms with Gasteiger partial charge in [0.25, 0.3) is 0 Å². The molecule has 0 bridgehead atoms. The van der Waals surface area contributed by atoms with Gasteiger partial charge in [-0.25, -0.2) is 4.79 Å². The van der Waals surface area contributed by atoms with Crippen LogP contribution >= 0.6 is 0 Å². The van der Waals surface area contributed by atoms with E-state index in [2.05, 4.69) is 10.6 Å². The summed E-state index contributed by atoms with van der Waals surface area (Å²) in [6.07, 6.45) is 4.77. The zero-order chi connectivity index (χ0) is 10.0. The zero-order valence-electron chi connectivity index (χ0n) is 8.38. The largest absolute Gasteiger partial charge is 0.465 e. The van der Waals surface area contributed by atoms with Crippen LogP contribution in [0.5, 0.6) is 0 Å². The first-order chi connectivity index (χ1) is 6.73. The molecule has 1 aliphatic heterocycles. The fourth-order valence-corrected chi connectivity index (χ4v) is 3.04. The van der Waals surface area contributed by atoms with E-state index >= 15 is 0 Å². The Kier molecular flexibility index (Phi) is 2.63. The first-order valence-corrected chi connectivity index (χ1v) is 5.43. The van der Waals surface area contributed by atoms with Crippen LogP contribution in [0.1, 0.15) is 32.1 Å². The van der Waals surface area contributed by atoms with Crippen molar-refractivity contribution in [3.63, 3.8) is 0 Å². The van der Waals surface area contributed by atoms with E-state index in [1.807, 2.05) is 0 Å². The van der Waals surface area contributed by atoms with E-state index in [1.165, 1.54) is 12.8 Å². The van der Waals surface area contributed by atoms with Crippen molar-refractivity contribution in [3.8, 4) is 0 Å². The van der Waals surface area contributed by atoms with Crippen LogP contribution in [0.15, 0.2) is 0 Å². The van der Waals surface area contributed by atoms with Crippen molar-refractivity contribution in [3.05, 3.63) is 0 Å². The predicted molar refractivity (Wildman–Crippen MR) is 53.3 cm³/mol. The molecule has 2 aliphatic rings. The number of piperidine rings is 1. The first-order valence-electron chi connectivity index (χ1n) is 5.43. The summed E-state index contributed by atoms with van der Waals surface area (Å²) in [5, 5.41) is 14.8. The molecule has 14 heavy (non-hydrogen) atoms. The molecule has 80 valence electrons. The summed E-state index contributed by atoms with van der Waals surface area (Å²) < 4.78 is 0. The molecule has 1 heterocycles. The average molecular weight is 198 g/mol. The molecule has 3 N–H and O–H groups in total. The Morgan fingerprint density at radius 2 is 2.07 bits per heavy atom. The summed E-state index contributed by atoms with van der Waals surface area (Å²) in [7, 11) is 0. The highest BCUT2D eigenvalue weighted by molar-refractivity contribution is 5.65. The lowest BCUT2D eigenvalue weighted by atomic mass is 9.74. The van der Waals surface area contributed by atoms with Crippen molar-refractivity contribution in [1.82, 2.24) is 10.6 Å². The molecule has 4 nitrogen and oxygen atoms in total. The zero-order valence-corrected chi connectivity index (χ0v) is 8.38. The Hall–Kier alpha value is -0.770. The number of nitrogens with one attached hydrogen (secondary N) is 2. The highest BCUT2D eigenvalue weighted by atomic mass is 16.4. The average Bonchev–Trinajstić information content (AvgIpc) is 2.50. The molecule has 1 spiro atoms. The van der Waals surface area contributed by atoms with Crippen molar-refractivity contribution in [2.24, 2.45) is 5.41 Å². The molecule has 4 heteroatoms. The Balaban J connectivity index is 2.03. The van der Waals surface area contributed by atoms with Crippen LogP contribution in [0.25, 0.3) is 0 Å². The summed E-state index contributed by atoms with van der Waals surface area (Å²) in [6.45, 7) is 2.08. The molecule has 1 atom stereocenters. The summed E-state index contributed by atoms with van der Waals surface area (Å²) >= 11 is 0. The fraction of sp³-hybridized carbons (Fsp3) is 0.900. The highest BCUT2D eigenvalue weighted by Gasteiger charge is 2.43. The summed E-state index contributed by atoms with van der Waals surface area (Å²) in [5.41, 5.74) is 0.268. The van der Waals surface area contributed by atoms with Gasteiger partial charge in [-0.05, 0) is 44.2 Å². The molecule has 1 aliphatic carbocycles. The second kappa shape index (κ2) is 3.77. The van der Waals surface area contributed by atoms with E-state index in [-0.39, 0.29) is 11.5 Å². The second-order valence-electron chi connectivity index (χ2n) is 4.51. The maximum absolute atomic E-state index is 10.7. The Morgan fingerprint density at radius 1 is 1.36 bits per heavy atom.